The van der Waals surface area contributed by atoms with Gasteiger partial charge in [-0.2, -0.15) is 5.10 Å². The van der Waals surface area contributed by atoms with Crippen molar-refractivity contribution in [1.82, 2.24) is 9.78 Å². The van der Waals surface area contributed by atoms with Crippen molar-refractivity contribution < 1.29 is 14.5 Å². The number of nitro groups is 1. The molecule has 0 spiro atoms. The van der Waals surface area contributed by atoms with Crippen LogP contribution in [0.25, 0.3) is 0 Å². The van der Waals surface area contributed by atoms with E-state index in [9.17, 15) is 14.9 Å². The number of nitrogens with one attached hydrogen (secondary N) is 1. The van der Waals surface area contributed by atoms with Crippen LogP contribution in [0.5, 0.6) is 5.75 Å². The second kappa shape index (κ2) is 9.99. The molecule has 4 aromatic rings. The van der Waals surface area contributed by atoms with Crippen LogP contribution in [0.3, 0.4) is 0 Å². The van der Waals surface area contributed by atoms with E-state index >= 15 is 0 Å². The van der Waals surface area contributed by atoms with Gasteiger partial charge in [0.05, 0.1) is 11.5 Å². The van der Waals surface area contributed by atoms with Crippen LogP contribution in [-0.4, -0.2) is 20.6 Å². The largest absolute Gasteiger partial charge is 0.489 e. The molecule has 0 bridgehead atoms. The van der Waals surface area contributed by atoms with Gasteiger partial charge in [-0.15, -0.1) is 0 Å². The Morgan fingerprint density at radius 2 is 1.76 bits per heavy atom. The van der Waals surface area contributed by atoms with Crippen LogP contribution in [-0.2, 0) is 13.2 Å². The van der Waals surface area contributed by atoms with Crippen LogP contribution in [0.2, 0.25) is 0 Å². The van der Waals surface area contributed by atoms with Crippen molar-refractivity contribution in [3.8, 4) is 5.75 Å². The van der Waals surface area contributed by atoms with E-state index in [1.54, 1.807) is 37.3 Å². The topological polar surface area (TPSA) is 99.3 Å². The summed E-state index contributed by atoms with van der Waals surface area (Å²) in [6.07, 6.45) is 0. The number of anilines is 1. The number of carbonyl (C=O) groups is 1. The Kier molecular flexibility index (Phi) is 6.68. The maximum atomic E-state index is 12.8. The van der Waals surface area contributed by atoms with Crippen LogP contribution >= 0.6 is 0 Å². The van der Waals surface area contributed by atoms with Gasteiger partial charge < -0.3 is 10.1 Å². The second-order valence-electron chi connectivity index (χ2n) is 7.96. The number of aryl methyl sites for hydroxylation is 2. The van der Waals surface area contributed by atoms with Crippen LogP contribution in [0.15, 0.2) is 78.9 Å². The van der Waals surface area contributed by atoms with Crippen molar-refractivity contribution in [3.05, 3.63) is 117 Å². The fourth-order valence-electron chi connectivity index (χ4n) is 3.57. The molecule has 0 saturated heterocycles. The molecule has 0 unspecified atom stereocenters. The third-order valence-electron chi connectivity index (χ3n) is 5.36. The molecule has 0 aliphatic heterocycles. The third-order valence-corrected chi connectivity index (χ3v) is 5.36. The molecular formula is C26H24N4O4. The van der Waals surface area contributed by atoms with E-state index in [4.69, 9.17) is 4.74 Å². The highest BCUT2D eigenvalue weighted by molar-refractivity contribution is 6.03. The number of ether oxygens (including phenoxy) is 1. The van der Waals surface area contributed by atoms with Gasteiger partial charge in [-0.05, 0) is 49.2 Å². The number of aromatic nitrogens is 2. The molecule has 0 radical (unpaired) electrons. The van der Waals surface area contributed by atoms with Crippen molar-refractivity contribution in [2.45, 2.75) is 27.0 Å². The first-order valence-corrected chi connectivity index (χ1v) is 10.8. The van der Waals surface area contributed by atoms with Gasteiger partial charge in [0.2, 0.25) is 0 Å². The van der Waals surface area contributed by atoms with E-state index in [1.165, 1.54) is 6.07 Å². The van der Waals surface area contributed by atoms with Gasteiger partial charge in [0.15, 0.2) is 5.82 Å². The Balaban J connectivity index is 1.40. The summed E-state index contributed by atoms with van der Waals surface area (Å²) in [6, 6.07) is 23.6. The number of nitro benzene ring substituents is 1. The first-order valence-electron chi connectivity index (χ1n) is 10.8. The van der Waals surface area contributed by atoms with Crippen LogP contribution in [0.1, 0.15) is 32.7 Å². The molecule has 1 N–H and O–H groups in total. The molecule has 172 valence electrons. The minimum absolute atomic E-state index is 0.0486. The molecule has 3 aromatic carbocycles. The van der Waals surface area contributed by atoms with Crippen molar-refractivity contribution in [3.63, 3.8) is 0 Å². The Morgan fingerprint density at radius 3 is 2.50 bits per heavy atom. The molecule has 0 aliphatic rings. The zero-order valence-electron chi connectivity index (χ0n) is 18.9. The minimum Gasteiger partial charge on any atom is -0.489 e. The molecule has 0 aliphatic carbocycles. The Morgan fingerprint density at radius 1 is 1.00 bits per heavy atom. The number of rotatable bonds is 8. The maximum Gasteiger partial charge on any atom is 0.272 e. The number of amides is 1. The van der Waals surface area contributed by atoms with Crippen molar-refractivity contribution in [1.29, 1.82) is 0 Å². The van der Waals surface area contributed by atoms with Crippen molar-refractivity contribution >= 4 is 17.4 Å². The molecule has 4 rings (SSSR count). The van der Waals surface area contributed by atoms with E-state index in [2.05, 4.69) is 10.4 Å². The lowest BCUT2D eigenvalue weighted by Gasteiger charge is -2.09. The van der Waals surface area contributed by atoms with Gasteiger partial charge in [-0.25, -0.2) is 0 Å². The fraction of sp³-hybridized carbons (Fsp3) is 0.154. The molecule has 34 heavy (non-hydrogen) atoms. The summed E-state index contributed by atoms with van der Waals surface area (Å²) >= 11 is 0. The minimum atomic E-state index is -0.423. The number of nitrogens with zero attached hydrogens (tertiary/aromatic N) is 3. The first kappa shape index (κ1) is 22.7. The van der Waals surface area contributed by atoms with Gasteiger partial charge in [-0.1, -0.05) is 42.5 Å². The van der Waals surface area contributed by atoms with Crippen LogP contribution in [0, 0.1) is 24.0 Å². The Labute approximate surface area is 197 Å². The smallest absolute Gasteiger partial charge is 0.272 e. The molecule has 1 aromatic heterocycles. The third kappa shape index (κ3) is 5.47. The molecule has 1 amide bonds. The van der Waals surface area contributed by atoms with Gasteiger partial charge in [0, 0.05) is 29.0 Å². The van der Waals surface area contributed by atoms with Crippen LogP contribution in [0.4, 0.5) is 11.5 Å². The number of benzene rings is 3. The van der Waals surface area contributed by atoms with Crippen LogP contribution < -0.4 is 10.1 Å². The van der Waals surface area contributed by atoms with E-state index in [0.717, 1.165) is 16.8 Å². The quantitative estimate of drug-likeness (QED) is 0.287. The number of carbonyl (C=O) groups excluding carboxylic acids is 1. The predicted octanol–water partition coefficient (Wildman–Crippen LogP) is 5.29. The summed E-state index contributed by atoms with van der Waals surface area (Å²) in [5.74, 6) is 0.746. The predicted molar refractivity (Wildman–Crippen MR) is 129 cm³/mol. The zero-order chi connectivity index (χ0) is 24.1. The summed E-state index contributed by atoms with van der Waals surface area (Å²) < 4.78 is 7.61. The summed E-state index contributed by atoms with van der Waals surface area (Å²) in [5.41, 5.74) is 3.93. The number of hydrogen-bond acceptors (Lipinski definition) is 5. The Bertz CT molecular complexity index is 1330. The summed E-state index contributed by atoms with van der Waals surface area (Å²) in [7, 11) is 0. The van der Waals surface area contributed by atoms with Crippen molar-refractivity contribution in [2.24, 2.45) is 0 Å². The van der Waals surface area contributed by atoms with Gasteiger partial charge in [0.25, 0.3) is 11.6 Å². The Hall–Kier alpha value is -4.46. The zero-order valence-corrected chi connectivity index (χ0v) is 18.9. The SMILES string of the molecule is Cc1cc(OCc2cccc(C(=O)Nc3cc(C)n(Cc4ccccc4)n3)c2)ccc1[N+](=O)[O-]. The lowest BCUT2D eigenvalue weighted by Crippen LogP contribution is -2.13. The van der Waals surface area contributed by atoms with Crippen molar-refractivity contribution in [2.75, 3.05) is 5.32 Å². The molecule has 8 nitrogen and oxygen atoms in total. The number of hydrogen-bond donors (Lipinski definition) is 1. The summed E-state index contributed by atoms with van der Waals surface area (Å²) in [4.78, 5) is 23.3. The summed E-state index contributed by atoms with van der Waals surface area (Å²) in [6.45, 7) is 4.46. The molecule has 0 atom stereocenters. The lowest BCUT2D eigenvalue weighted by molar-refractivity contribution is -0.385. The highest BCUT2D eigenvalue weighted by Crippen LogP contribution is 2.24. The highest BCUT2D eigenvalue weighted by atomic mass is 16.6. The van der Waals surface area contributed by atoms with Gasteiger partial charge >= 0.3 is 0 Å². The highest BCUT2D eigenvalue weighted by Gasteiger charge is 2.13. The molecule has 8 heteroatoms. The first-order chi connectivity index (χ1) is 16.4. The maximum absolute atomic E-state index is 12.8. The van der Waals surface area contributed by atoms with Gasteiger partial charge in [0.1, 0.15) is 12.4 Å². The van der Waals surface area contributed by atoms with Gasteiger partial charge in [-0.3, -0.25) is 19.6 Å². The average Bonchev–Trinajstić information content (AvgIpc) is 3.16. The second-order valence-corrected chi connectivity index (χ2v) is 7.96. The normalized spacial score (nSPS) is 10.6. The van der Waals surface area contributed by atoms with E-state index in [0.29, 0.717) is 29.2 Å². The molecule has 0 fully saturated rings. The fourth-order valence-corrected chi connectivity index (χ4v) is 3.57. The monoisotopic (exact) mass is 456 g/mol. The standard InChI is InChI=1S/C26H24N4O4/c1-18-13-23(11-12-24(18)30(32)33)34-17-21-9-6-10-22(15-21)26(31)27-25-14-19(2)29(28-25)16-20-7-4-3-5-8-20/h3-15H,16-17H2,1-2H3,(H,27,28,31). The average molecular weight is 457 g/mol. The lowest BCUT2D eigenvalue weighted by atomic mass is 10.1. The summed E-state index contributed by atoms with van der Waals surface area (Å²) in [5, 5.41) is 18.3. The molecule has 1 heterocycles. The van der Waals surface area contributed by atoms with E-state index in [1.807, 2.05) is 54.1 Å². The van der Waals surface area contributed by atoms with E-state index < -0.39 is 4.92 Å². The molecule has 0 saturated carbocycles. The van der Waals surface area contributed by atoms with E-state index in [-0.39, 0.29) is 18.2 Å². The molecular weight excluding hydrogens is 432 g/mol.